The second-order valence-corrected chi connectivity index (χ2v) is 7.16. The zero-order chi connectivity index (χ0) is 20.8. The van der Waals surface area contributed by atoms with Gasteiger partial charge in [0.25, 0.3) is 5.91 Å². The summed E-state index contributed by atoms with van der Waals surface area (Å²) >= 11 is 0. The van der Waals surface area contributed by atoms with Crippen molar-refractivity contribution in [2.75, 3.05) is 25.0 Å². The third kappa shape index (κ3) is 5.43. The molecule has 2 N–H and O–H groups in total. The van der Waals surface area contributed by atoms with Crippen LogP contribution < -0.4 is 10.6 Å². The molecule has 3 rings (SSSR count). The number of ether oxygens (including phenoxy) is 1. The Morgan fingerprint density at radius 2 is 1.93 bits per heavy atom. The van der Waals surface area contributed by atoms with Crippen LogP contribution in [0.5, 0.6) is 0 Å². The molecule has 0 saturated carbocycles. The van der Waals surface area contributed by atoms with Crippen molar-refractivity contribution < 1.29 is 14.3 Å². The number of benzene rings is 1. The predicted octanol–water partition coefficient (Wildman–Crippen LogP) is 3.19. The lowest BCUT2D eigenvalue weighted by Gasteiger charge is -2.31. The molecule has 8 heteroatoms. The van der Waals surface area contributed by atoms with Crippen molar-refractivity contribution in [2.24, 2.45) is 0 Å². The van der Waals surface area contributed by atoms with E-state index in [-0.39, 0.29) is 23.7 Å². The van der Waals surface area contributed by atoms with Gasteiger partial charge in [0, 0.05) is 24.8 Å². The fraction of sp³-hybridized carbons (Fsp3) is 0.429. The molecule has 1 aliphatic heterocycles. The number of hydrogen-bond acceptors (Lipinski definition) is 6. The van der Waals surface area contributed by atoms with E-state index in [0.717, 1.165) is 11.3 Å². The Morgan fingerprint density at radius 1 is 1.17 bits per heavy atom. The summed E-state index contributed by atoms with van der Waals surface area (Å²) < 4.78 is 5.01. The van der Waals surface area contributed by atoms with E-state index in [0.29, 0.717) is 38.4 Å². The maximum absolute atomic E-state index is 12.5. The summed E-state index contributed by atoms with van der Waals surface area (Å²) in [6.45, 7) is 7.35. The Balaban J connectivity index is 1.52. The smallest absolute Gasteiger partial charge is 0.409 e. The normalized spacial score (nSPS) is 14.4. The van der Waals surface area contributed by atoms with Crippen LogP contribution >= 0.6 is 0 Å². The van der Waals surface area contributed by atoms with Crippen LogP contribution in [0.2, 0.25) is 0 Å². The second-order valence-electron chi connectivity index (χ2n) is 7.16. The highest BCUT2D eigenvalue weighted by molar-refractivity contribution is 5.92. The zero-order valence-corrected chi connectivity index (χ0v) is 17.1. The minimum atomic E-state index is -0.296. The van der Waals surface area contributed by atoms with Gasteiger partial charge in [-0.25, -0.2) is 14.8 Å². The van der Waals surface area contributed by atoms with E-state index in [9.17, 15) is 9.59 Å². The fourth-order valence-corrected chi connectivity index (χ4v) is 3.28. The van der Waals surface area contributed by atoms with Gasteiger partial charge in [-0.1, -0.05) is 17.7 Å². The van der Waals surface area contributed by atoms with Crippen LogP contribution in [0.3, 0.4) is 0 Å². The Kier molecular flexibility index (Phi) is 6.64. The third-order valence-electron chi connectivity index (χ3n) is 4.89. The molecular formula is C21H27N5O3. The van der Waals surface area contributed by atoms with E-state index in [2.05, 4.69) is 26.7 Å². The summed E-state index contributed by atoms with van der Waals surface area (Å²) in [5.74, 6) is 0.321. The number of carbonyl (C=O) groups excluding carboxylic acids is 2. The Bertz CT molecular complexity index is 861. The molecule has 0 aliphatic carbocycles. The molecule has 29 heavy (non-hydrogen) atoms. The van der Waals surface area contributed by atoms with Crippen molar-refractivity contribution in [3.05, 3.63) is 47.4 Å². The van der Waals surface area contributed by atoms with Crippen LogP contribution in [0.1, 0.15) is 41.4 Å². The maximum atomic E-state index is 12.5. The number of aromatic nitrogens is 2. The van der Waals surface area contributed by atoms with Crippen LogP contribution in [-0.4, -0.2) is 52.6 Å². The van der Waals surface area contributed by atoms with Gasteiger partial charge in [0.1, 0.15) is 11.5 Å². The molecular weight excluding hydrogens is 370 g/mol. The van der Waals surface area contributed by atoms with Crippen LogP contribution in [-0.2, 0) is 4.74 Å². The molecule has 1 fully saturated rings. The average Bonchev–Trinajstić information content (AvgIpc) is 2.71. The van der Waals surface area contributed by atoms with Crippen LogP contribution in [0.25, 0.3) is 0 Å². The van der Waals surface area contributed by atoms with Crippen molar-refractivity contribution in [3.63, 3.8) is 0 Å². The lowest BCUT2D eigenvalue weighted by Crippen LogP contribution is -2.46. The number of aryl methyl sites for hydroxylation is 2. The number of hydrogen-bond donors (Lipinski definition) is 2. The van der Waals surface area contributed by atoms with Gasteiger partial charge in [-0.05, 0) is 45.2 Å². The summed E-state index contributed by atoms with van der Waals surface area (Å²) in [5.41, 5.74) is 3.53. The first-order valence-electron chi connectivity index (χ1n) is 9.85. The molecule has 0 atom stereocenters. The number of amides is 2. The van der Waals surface area contributed by atoms with Gasteiger partial charge in [0.15, 0.2) is 0 Å². The summed E-state index contributed by atoms with van der Waals surface area (Å²) in [6, 6.07) is 6.11. The Labute approximate surface area is 170 Å². The minimum absolute atomic E-state index is 0.00276. The number of likely N-dealkylation sites (tertiary alicyclic amines) is 1. The van der Waals surface area contributed by atoms with Gasteiger partial charge in [-0.2, -0.15) is 0 Å². The van der Waals surface area contributed by atoms with Crippen LogP contribution in [0.4, 0.5) is 16.3 Å². The molecule has 8 nitrogen and oxygen atoms in total. The van der Waals surface area contributed by atoms with Crippen molar-refractivity contribution >= 4 is 23.5 Å². The maximum Gasteiger partial charge on any atom is 0.409 e. The number of rotatable bonds is 5. The molecule has 0 spiro atoms. The molecule has 1 aromatic heterocycles. The van der Waals surface area contributed by atoms with Gasteiger partial charge in [-0.3, -0.25) is 4.79 Å². The second kappa shape index (κ2) is 9.36. The van der Waals surface area contributed by atoms with Crippen molar-refractivity contribution in [1.82, 2.24) is 20.2 Å². The Hall–Kier alpha value is -3.16. The largest absolute Gasteiger partial charge is 0.450 e. The molecule has 0 bridgehead atoms. The summed E-state index contributed by atoms with van der Waals surface area (Å²) in [7, 11) is 0. The number of piperidine rings is 1. The highest BCUT2D eigenvalue weighted by Crippen LogP contribution is 2.20. The molecule has 2 amide bonds. The zero-order valence-electron chi connectivity index (χ0n) is 17.1. The lowest BCUT2D eigenvalue weighted by molar-refractivity contribution is 0.0856. The van der Waals surface area contributed by atoms with E-state index < -0.39 is 0 Å². The van der Waals surface area contributed by atoms with Gasteiger partial charge in [0.05, 0.1) is 19.0 Å². The van der Waals surface area contributed by atoms with E-state index in [1.807, 2.05) is 26.0 Å². The predicted molar refractivity (Wildman–Crippen MR) is 110 cm³/mol. The average molecular weight is 397 g/mol. The number of nitrogens with zero attached hydrogens (tertiary/aromatic N) is 3. The molecule has 2 heterocycles. The SMILES string of the molecule is CCOC(=O)N1CCC(NC(=O)c2cnc(Nc3ccc(C)cc3C)cn2)CC1. The monoisotopic (exact) mass is 397 g/mol. The van der Waals surface area contributed by atoms with E-state index >= 15 is 0 Å². The number of carbonyl (C=O) groups is 2. The van der Waals surface area contributed by atoms with Crippen LogP contribution in [0, 0.1) is 13.8 Å². The molecule has 1 aromatic carbocycles. The van der Waals surface area contributed by atoms with Crippen molar-refractivity contribution in [1.29, 1.82) is 0 Å². The fourth-order valence-electron chi connectivity index (χ4n) is 3.28. The van der Waals surface area contributed by atoms with Gasteiger partial charge >= 0.3 is 6.09 Å². The first-order valence-corrected chi connectivity index (χ1v) is 9.85. The number of anilines is 2. The van der Waals surface area contributed by atoms with E-state index in [4.69, 9.17) is 4.74 Å². The first-order chi connectivity index (χ1) is 14.0. The minimum Gasteiger partial charge on any atom is -0.450 e. The molecule has 2 aromatic rings. The van der Waals surface area contributed by atoms with Crippen molar-refractivity contribution in [3.8, 4) is 0 Å². The van der Waals surface area contributed by atoms with Gasteiger partial charge < -0.3 is 20.3 Å². The molecule has 154 valence electrons. The highest BCUT2D eigenvalue weighted by atomic mass is 16.6. The standard InChI is InChI=1S/C21H27N5O3/c1-4-29-21(28)26-9-7-16(8-10-26)24-20(27)18-12-23-19(13-22-18)25-17-6-5-14(2)11-15(17)3/h5-6,11-13,16H,4,7-10H2,1-3H3,(H,23,25)(H,24,27). The van der Waals surface area contributed by atoms with Crippen LogP contribution in [0.15, 0.2) is 30.6 Å². The lowest BCUT2D eigenvalue weighted by atomic mass is 10.1. The van der Waals surface area contributed by atoms with E-state index in [1.54, 1.807) is 18.0 Å². The summed E-state index contributed by atoms with van der Waals surface area (Å²) in [4.78, 5) is 34.4. The van der Waals surface area contributed by atoms with Crippen molar-refractivity contribution in [2.45, 2.75) is 39.7 Å². The Morgan fingerprint density at radius 3 is 2.55 bits per heavy atom. The first kappa shape index (κ1) is 20.6. The summed E-state index contributed by atoms with van der Waals surface area (Å²) in [6.07, 6.45) is 4.09. The van der Waals surface area contributed by atoms with Gasteiger partial charge in [-0.15, -0.1) is 0 Å². The highest BCUT2D eigenvalue weighted by Gasteiger charge is 2.25. The quantitative estimate of drug-likeness (QED) is 0.804. The summed E-state index contributed by atoms with van der Waals surface area (Å²) in [5, 5.41) is 6.19. The molecule has 0 radical (unpaired) electrons. The topological polar surface area (TPSA) is 96.5 Å². The number of nitrogens with one attached hydrogen (secondary N) is 2. The molecule has 0 unspecified atom stereocenters. The molecule has 1 aliphatic rings. The van der Waals surface area contributed by atoms with Gasteiger partial charge in [0.2, 0.25) is 0 Å². The third-order valence-corrected chi connectivity index (χ3v) is 4.89. The van der Waals surface area contributed by atoms with E-state index in [1.165, 1.54) is 11.8 Å². The molecule has 1 saturated heterocycles.